The number of ether oxygens (including phenoxy) is 5. The van der Waals surface area contributed by atoms with Crippen LogP contribution in [0.15, 0.2) is 0 Å². The fraction of sp³-hybridized carbons (Fsp3) is 1.00. The molecular formula is C15H26O9. The molecule has 9 heteroatoms. The molecule has 3 heterocycles. The van der Waals surface area contributed by atoms with Crippen molar-refractivity contribution in [3.05, 3.63) is 0 Å². The Morgan fingerprint density at radius 1 is 1.00 bits per heavy atom. The van der Waals surface area contributed by atoms with Gasteiger partial charge in [0.25, 0.3) is 0 Å². The normalized spacial score (nSPS) is 51.9. The molecule has 3 rings (SSSR count). The summed E-state index contributed by atoms with van der Waals surface area (Å²) in [4.78, 5) is 0. The number of hydrogen-bond donors (Lipinski definition) is 4. The van der Waals surface area contributed by atoms with E-state index in [4.69, 9.17) is 23.7 Å². The Balaban J connectivity index is 1.69. The van der Waals surface area contributed by atoms with Gasteiger partial charge in [0, 0.05) is 0 Å². The van der Waals surface area contributed by atoms with Crippen LogP contribution < -0.4 is 0 Å². The second-order valence-electron chi connectivity index (χ2n) is 7.01. The summed E-state index contributed by atoms with van der Waals surface area (Å²) in [6, 6.07) is 0. The second-order valence-corrected chi connectivity index (χ2v) is 7.01. The van der Waals surface area contributed by atoms with Gasteiger partial charge in [0.2, 0.25) is 0 Å². The summed E-state index contributed by atoms with van der Waals surface area (Å²) in [7, 11) is 0. The summed E-state index contributed by atoms with van der Waals surface area (Å²) in [6.45, 7) is 5.28. The van der Waals surface area contributed by atoms with Crippen molar-refractivity contribution in [2.24, 2.45) is 0 Å². The molecule has 0 spiro atoms. The lowest BCUT2D eigenvalue weighted by Crippen LogP contribution is -2.66. The van der Waals surface area contributed by atoms with Crippen molar-refractivity contribution in [2.45, 2.75) is 81.7 Å². The first-order valence-electron chi connectivity index (χ1n) is 8.16. The third kappa shape index (κ3) is 3.46. The van der Waals surface area contributed by atoms with Gasteiger partial charge in [-0.25, -0.2) is 0 Å². The molecule has 0 bridgehead atoms. The molecule has 0 radical (unpaired) electrons. The van der Waals surface area contributed by atoms with Gasteiger partial charge in [-0.3, -0.25) is 0 Å². The Morgan fingerprint density at radius 2 is 1.71 bits per heavy atom. The number of aliphatic hydroxyl groups is 4. The van der Waals surface area contributed by atoms with Crippen molar-refractivity contribution in [3.63, 3.8) is 0 Å². The summed E-state index contributed by atoms with van der Waals surface area (Å²) < 4.78 is 27.8. The van der Waals surface area contributed by atoms with Crippen LogP contribution in [0.25, 0.3) is 0 Å². The van der Waals surface area contributed by atoms with Crippen LogP contribution in [0, 0.1) is 0 Å². The Hall–Kier alpha value is -0.360. The summed E-state index contributed by atoms with van der Waals surface area (Å²) in [5.41, 5.74) is 0. The van der Waals surface area contributed by atoms with E-state index < -0.39 is 60.9 Å². The third-order valence-corrected chi connectivity index (χ3v) is 4.67. The van der Waals surface area contributed by atoms with Gasteiger partial charge < -0.3 is 44.1 Å². The monoisotopic (exact) mass is 350 g/mol. The molecule has 0 aromatic heterocycles. The standard InChI is InChI=1S/C15H26O9/c1-6-12(9(17)7(16)4-20-6)23-14-11(19)10(18)13-8(22-14)5-21-15(2,3)24-13/h6-14,16-19H,4-5H2,1-3H3/t6?,7?,8?,9-,10-,11?,12+,13+,14+/m1/s1. The van der Waals surface area contributed by atoms with Gasteiger partial charge in [0.05, 0.1) is 19.3 Å². The van der Waals surface area contributed by atoms with Gasteiger partial charge in [-0.05, 0) is 20.8 Å². The SMILES string of the molecule is CC1OCC(O)[C@@H](O)[C@H]1O[C@@H]1OC2COC(C)(C)O[C@@H]2[C@H](O)C1O. The molecule has 0 aliphatic carbocycles. The Labute approximate surface area is 140 Å². The van der Waals surface area contributed by atoms with Crippen LogP contribution in [0.5, 0.6) is 0 Å². The number of fused-ring (bicyclic) bond motifs is 1. The van der Waals surface area contributed by atoms with Gasteiger partial charge >= 0.3 is 0 Å². The predicted molar refractivity (Wildman–Crippen MR) is 77.9 cm³/mol. The van der Waals surface area contributed by atoms with E-state index in [-0.39, 0.29) is 13.2 Å². The molecule has 3 fully saturated rings. The smallest absolute Gasteiger partial charge is 0.187 e. The molecule has 140 valence electrons. The molecule has 3 saturated heterocycles. The molecule has 9 atom stereocenters. The summed E-state index contributed by atoms with van der Waals surface area (Å²) in [6.07, 6.45) is -8.87. The lowest BCUT2D eigenvalue weighted by Gasteiger charge is -2.49. The first-order chi connectivity index (χ1) is 11.2. The van der Waals surface area contributed by atoms with Crippen LogP contribution in [0.3, 0.4) is 0 Å². The highest BCUT2D eigenvalue weighted by atomic mass is 16.8. The third-order valence-electron chi connectivity index (χ3n) is 4.67. The maximum atomic E-state index is 10.4. The van der Waals surface area contributed by atoms with Crippen LogP contribution in [0.1, 0.15) is 20.8 Å². The van der Waals surface area contributed by atoms with Crippen molar-refractivity contribution < 1.29 is 44.1 Å². The Morgan fingerprint density at radius 3 is 2.42 bits per heavy atom. The van der Waals surface area contributed by atoms with E-state index >= 15 is 0 Å². The molecule has 9 nitrogen and oxygen atoms in total. The lowest BCUT2D eigenvalue weighted by atomic mass is 9.96. The number of rotatable bonds is 2. The minimum Gasteiger partial charge on any atom is -0.388 e. The maximum Gasteiger partial charge on any atom is 0.187 e. The highest BCUT2D eigenvalue weighted by molar-refractivity contribution is 4.95. The van der Waals surface area contributed by atoms with Crippen LogP contribution in [-0.4, -0.2) is 94.5 Å². The van der Waals surface area contributed by atoms with Crippen molar-refractivity contribution >= 4 is 0 Å². The van der Waals surface area contributed by atoms with Gasteiger partial charge in [-0.2, -0.15) is 0 Å². The molecule has 0 amide bonds. The minimum atomic E-state index is -1.38. The molecule has 0 aromatic carbocycles. The average molecular weight is 350 g/mol. The zero-order valence-corrected chi connectivity index (χ0v) is 13.9. The van der Waals surface area contributed by atoms with Gasteiger partial charge in [0.1, 0.15) is 42.7 Å². The second kappa shape index (κ2) is 6.75. The Kier molecular flexibility index (Phi) is 5.18. The fourth-order valence-corrected chi connectivity index (χ4v) is 3.23. The van der Waals surface area contributed by atoms with Crippen molar-refractivity contribution in [2.75, 3.05) is 13.2 Å². The molecule has 3 aliphatic heterocycles. The number of hydrogen-bond acceptors (Lipinski definition) is 9. The van der Waals surface area contributed by atoms with E-state index in [2.05, 4.69) is 0 Å². The van der Waals surface area contributed by atoms with E-state index in [1.54, 1.807) is 20.8 Å². The summed E-state index contributed by atoms with van der Waals surface area (Å²) in [5.74, 6) is -0.884. The molecular weight excluding hydrogens is 324 g/mol. The minimum absolute atomic E-state index is 0.000355. The van der Waals surface area contributed by atoms with Gasteiger partial charge in [-0.15, -0.1) is 0 Å². The summed E-state index contributed by atoms with van der Waals surface area (Å²) >= 11 is 0. The highest BCUT2D eigenvalue weighted by Crippen LogP contribution is 2.34. The number of aliphatic hydroxyl groups excluding tert-OH is 4. The zero-order valence-electron chi connectivity index (χ0n) is 13.9. The van der Waals surface area contributed by atoms with Crippen LogP contribution >= 0.6 is 0 Å². The van der Waals surface area contributed by atoms with Crippen molar-refractivity contribution in [1.82, 2.24) is 0 Å². The molecule has 24 heavy (non-hydrogen) atoms. The first kappa shape index (κ1) is 18.4. The van der Waals surface area contributed by atoms with E-state index in [9.17, 15) is 20.4 Å². The van der Waals surface area contributed by atoms with Crippen LogP contribution in [-0.2, 0) is 23.7 Å². The maximum absolute atomic E-state index is 10.4. The molecule has 0 aromatic rings. The molecule has 4 N–H and O–H groups in total. The van der Waals surface area contributed by atoms with Crippen molar-refractivity contribution in [1.29, 1.82) is 0 Å². The molecule has 3 aliphatic rings. The van der Waals surface area contributed by atoms with Gasteiger partial charge in [0.15, 0.2) is 12.1 Å². The predicted octanol–water partition coefficient (Wildman–Crippen LogP) is -1.89. The molecule has 4 unspecified atom stereocenters. The van der Waals surface area contributed by atoms with Crippen molar-refractivity contribution in [3.8, 4) is 0 Å². The topological polar surface area (TPSA) is 127 Å². The highest BCUT2D eigenvalue weighted by Gasteiger charge is 2.52. The summed E-state index contributed by atoms with van der Waals surface area (Å²) in [5, 5.41) is 40.5. The lowest BCUT2D eigenvalue weighted by molar-refractivity contribution is -0.392. The molecule has 0 saturated carbocycles. The van der Waals surface area contributed by atoms with E-state index in [1.165, 1.54) is 0 Å². The quantitative estimate of drug-likeness (QED) is 0.452. The van der Waals surface area contributed by atoms with Crippen LogP contribution in [0.4, 0.5) is 0 Å². The first-order valence-corrected chi connectivity index (χ1v) is 8.16. The van der Waals surface area contributed by atoms with Gasteiger partial charge in [-0.1, -0.05) is 0 Å². The van der Waals surface area contributed by atoms with Crippen LogP contribution in [0.2, 0.25) is 0 Å². The fourth-order valence-electron chi connectivity index (χ4n) is 3.23. The average Bonchev–Trinajstić information content (AvgIpc) is 2.52. The van der Waals surface area contributed by atoms with E-state index in [1.807, 2.05) is 0 Å². The largest absolute Gasteiger partial charge is 0.388 e. The Bertz CT molecular complexity index is 443. The van der Waals surface area contributed by atoms with E-state index in [0.717, 1.165) is 0 Å². The van der Waals surface area contributed by atoms with E-state index in [0.29, 0.717) is 0 Å². The zero-order chi connectivity index (χ0) is 17.6.